The third-order valence-corrected chi connectivity index (χ3v) is 3.75. The van der Waals surface area contributed by atoms with E-state index < -0.39 is 17.8 Å². The monoisotopic (exact) mass is 334 g/mol. The van der Waals surface area contributed by atoms with Gasteiger partial charge in [0.25, 0.3) is 0 Å². The summed E-state index contributed by atoms with van der Waals surface area (Å²) >= 11 is 4.83. The maximum Gasteiger partial charge on any atom is 0.239 e. The van der Waals surface area contributed by atoms with E-state index in [-0.39, 0.29) is 11.6 Å². The lowest BCUT2D eigenvalue weighted by atomic mass is 10.0. The molecule has 0 bridgehead atoms. The number of primary amides is 1. The van der Waals surface area contributed by atoms with Gasteiger partial charge < -0.3 is 5.73 Å². The summed E-state index contributed by atoms with van der Waals surface area (Å²) in [6.07, 6.45) is 1.97. The molecule has 3 nitrogen and oxygen atoms in total. The van der Waals surface area contributed by atoms with Crippen LogP contribution in [-0.4, -0.2) is 24.0 Å². The second-order valence-electron chi connectivity index (χ2n) is 4.02. The fraction of sp³-hybridized carbons (Fsp3) is 0.417. The SMILES string of the molecule is CSC[C@@H](C)N[C@@H](C(N)=O)c1ccc(Br)cc1F. The van der Waals surface area contributed by atoms with Gasteiger partial charge in [-0.1, -0.05) is 22.0 Å². The normalized spacial score (nSPS) is 14.2. The fourth-order valence-corrected chi connectivity index (χ4v) is 2.57. The van der Waals surface area contributed by atoms with Crippen LogP contribution in [0, 0.1) is 5.82 Å². The molecular formula is C12H16BrFN2OS. The van der Waals surface area contributed by atoms with Gasteiger partial charge in [0, 0.05) is 21.8 Å². The number of rotatable bonds is 6. The molecule has 0 unspecified atom stereocenters. The maximum absolute atomic E-state index is 13.8. The van der Waals surface area contributed by atoms with E-state index in [2.05, 4.69) is 21.2 Å². The summed E-state index contributed by atoms with van der Waals surface area (Å²) in [5, 5.41) is 3.04. The molecule has 100 valence electrons. The van der Waals surface area contributed by atoms with Gasteiger partial charge in [-0.3, -0.25) is 10.1 Å². The zero-order valence-corrected chi connectivity index (χ0v) is 12.6. The van der Waals surface area contributed by atoms with Crippen LogP contribution < -0.4 is 11.1 Å². The Hall–Kier alpha value is -0.590. The highest BCUT2D eigenvalue weighted by molar-refractivity contribution is 9.10. The molecule has 1 aromatic carbocycles. The van der Waals surface area contributed by atoms with Gasteiger partial charge in [-0.25, -0.2) is 4.39 Å². The van der Waals surface area contributed by atoms with Crippen molar-refractivity contribution in [3.05, 3.63) is 34.1 Å². The van der Waals surface area contributed by atoms with E-state index in [1.54, 1.807) is 23.9 Å². The van der Waals surface area contributed by atoms with Crippen molar-refractivity contribution in [1.82, 2.24) is 5.32 Å². The van der Waals surface area contributed by atoms with Crippen molar-refractivity contribution >= 4 is 33.6 Å². The van der Waals surface area contributed by atoms with Crippen molar-refractivity contribution in [3.8, 4) is 0 Å². The minimum absolute atomic E-state index is 0.0700. The number of amides is 1. The molecule has 2 atom stereocenters. The quantitative estimate of drug-likeness (QED) is 0.840. The standard InChI is InChI=1S/C12H16BrFN2OS/c1-7(6-18-2)16-11(12(15)17)9-4-3-8(13)5-10(9)14/h3-5,7,11,16H,6H2,1-2H3,(H2,15,17)/t7-,11-/m1/s1. The van der Waals surface area contributed by atoms with Gasteiger partial charge in [0.15, 0.2) is 0 Å². The topological polar surface area (TPSA) is 55.1 Å². The van der Waals surface area contributed by atoms with Crippen LogP contribution in [0.15, 0.2) is 22.7 Å². The van der Waals surface area contributed by atoms with Crippen LogP contribution in [0.1, 0.15) is 18.5 Å². The molecule has 0 aliphatic carbocycles. The summed E-state index contributed by atoms with van der Waals surface area (Å²) in [6.45, 7) is 1.93. The van der Waals surface area contributed by atoms with E-state index in [4.69, 9.17) is 5.73 Å². The van der Waals surface area contributed by atoms with Crippen molar-refractivity contribution in [2.45, 2.75) is 19.0 Å². The first-order chi connectivity index (χ1) is 8.45. The minimum atomic E-state index is -0.805. The molecule has 1 aromatic rings. The number of benzene rings is 1. The average Bonchev–Trinajstić information content (AvgIpc) is 2.27. The van der Waals surface area contributed by atoms with Gasteiger partial charge in [-0.15, -0.1) is 0 Å². The largest absolute Gasteiger partial charge is 0.368 e. The van der Waals surface area contributed by atoms with Gasteiger partial charge in [0.1, 0.15) is 11.9 Å². The smallest absolute Gasteiger partial charge is 0.239 e. The van der Waals surface area contributed by atoms with Crippen LogP contribution >= 0.6 is 27.7 Å². The maximum atomic E-state index is 13.8. The number of nitrogens with one attached hydrogen (secondary N) is 1. The summed E-state index contributed by atoms with van der Waals surface area (Å²) in [4.78, 5) is 11.5. The third-order valence-electron chi connectivity index (χ3n) is 2.43. The molecule has 0 heterocycles. The summed E-state index contributed by atoms with van der Waals surface area (Å²) in [5.74, 6) is -0.205. The van der Waals surface area contributed by atoms with Gasteiger partial charge in [-0.2, -0.15) is 11.8 Å². The number of hydrogen-bond donors (Lipinski definition) is 2. The highest BCUT2D eigenvalue weighted by atomic mass is 79.9. The zero-order valence-electron chi connectivity index (χ0n) is 10.2. The Morgan fingerprint density at radius 3 is 2.78 bits per heavy atom. The summed E-state index contributed by atoms with van der Waals surface area (Å²) in [6, 6.07) is 3.84. The molecular weight excluding hydrogens is 319 g/mol. The molecule has 3 N–H and O–H groups in total. The van der Waals surface area contributed by atoms with Crippen molar-refractivity contribution < 1.29 is 9.18 Å². The molecule has 1 amide bonds. The molecule has 0 saturated carbocycles. The molecule has 0 radical (unpaired) electrons. The van der Waals surface area contributed by atoms with E-state index >= 15 is 0 Å². The second-order valence-corrected chi connectivity index (χ2v) is 5.85. The van der Waals surface area contributed by atoms with Crippen molar-refractivity contribution in [2.75, 3.05) is 12.0 Å². The lowest BCUT2D eigenvalue weighted by Crippen LogP contribution is -2.40. The first kappa shape index (κ1) is 15.5. The summed E-state index contributed by atoms with van der Waals surface area (Å²) in [7, 11) is 0. The van der Waals surface area contributed by atoms with Crippen LogP contribution in [-0.2, 0) is 4.79 Å². The Morgan fingerprint density at radius 2 is 2.28 bits per heavy atom. The van der Waals surface area contributed by atoms with Crippen LogP contribution in [0.4, 0.5) is 4.39 Å². The lowest BCUT2D eigenvalue weighted by molar-refractivity contribution is -0.120. The highest BCUT2D eigenvalue weighted by Gasteiger charge is 2.22. The molecule has 18 heavy (non-hydrogen) atoms. The first-order valence-electron chi connectivity index (χ1n) is 5.45. The summed E-state index contributed by atoms with van der Waals surface area (Å²) < 4.78 is 14.4. The zero-order chi connectivity index (χ0) is 13.7. The molecule has 6 heteroatoms. The first-order valence-corrected chi connectivity index (χ1v) is 7.63. The van der Waals surface area contributed by atoms with E-state index in [0.29, 0.717) is 4.47 Å². The van der Waals surface area contributed by atoms with Crippen molar-refractivity contribution in [2.24, 2.45) is 5.73 Å². The van der Waals surface area contributed by atoms with E-state index in [1.165, 1.54) is 6.07 Å². The van der Waals surface area contributed by atoms with Gasteiger partial charge in [0.05, 0.1) is 0 Å². The molecule has 0 spiro atoms. The van der Waals surface area contributed by atoms with Crippen LogP contribution in [0.5, 0.6) is 0 Å². The Labute approximate surface area is 119 Å². The van der Waals surface area contributed by atoms with Crippen molar-refractivity contribution in [1.29, 1.82) is 0 Å². The van der Waals surface area contributed by atoms with E-state index in [9.17, 15) is 9.18 Å². The lowest BCUT2D eigenvalue weighted by Gasteiger charge is -2.21. The number of hydrogen-bond acceptors (Lipinski definition) is 3. The average molecular weight is 335 g/mol. The number of thioether (sulfide) groups is 1. The number of carbonyl (C=O) groups is 1. The molecule has 0 aliphatic rings. The predicted molar refractivity (Wildman–Crippen MR) is 77.0 cm³/mol. The Balaban J connectivity index is 2.94. The van der Waals surface area contributed by atoms with Gasteiger partial charge >= 0.3 is 0 Å². The van der Waals surface area contributed by atoms with Crippen molar-refractivity contribution in [3.63, 3.8) is 0 Å². The minimum Gasteiger partial charge on any atom is -0.368 e. The molecule has 0 saturated heterocycles. The van der Waals surface area contributed by atoms with E-state index in [0.717, 1.165) is 5.75 Å². The second kappa shape index (κ2) is 7.11. The summed E-state index contributed by atoms with van der Waals surface area (Å²) in [5.41, 5.74) is 5.61. The third kappa shape index (κ3) is 4.26. The number of carbonyl (C=O) groups excluding carboxylic acids is 1. The number of nitrogens with two attached hydrogens (primary N) is 1. The van der Waals surface area contributed by atoms with Crippen LogP contribution in [0.2, 0.25) is 0 Å². The molecule has 0 aromatic heterocycles. The van der Waals surface area contributed by atoms with E-state index in [1.807, 2.05) is 13.2 Å². The fourth-order valence-electron chi connectivity index (χ4n) is 1.64. The Morgan fingerprint density at radius 1 is 1.61 bits per heavy atom. The Kier molecular flexibility index (Phi) is 6.11. The number of halogens is 2. The molecule has 1 rings (SSSR count). The van der Waals surface area contributed by atoms with Gasteiger partial charge in [0.2, 0.25) is 5.91 Å². The molecule has 0 fully saturated rings. The van der Waals surface area contributed by atoms with Crippen LogP contribution in [0.25, 0.3) is 0 Å². The predicted octanol–water partition coefficient (Wildman–Crippen LogP) is 2.46. The van der Waals surface area contributed by atoms with Crippen LogP contribution in [0.3, 0.4) is 0 Å². The Bertz CT molecular complexity index is 431. The molecule has 0 aliphatic heterocycles. The van der Waals surface area contributed by atoms with Gasteiger partial charge in [-0.05, 0) is 25.3 Å². The highest BCUT2D eigenvalue weighted by Crippen LogP contribution is 2.21.